The second-order valence-electron chi connectivity index (χ2n) is 5.08. The molecule has 0 aliphatic carbocycles. The molecule has 1 fully saturated rings. The molecule has 1 heterocycles. The highest BCUT2D eigenvalue weighted by molar-refractivity contribution is 5.85. The summed E-state index contributed by atoms with van der Waals surface area (Å²) in [5.74, 6) is 0.912. The second kappa shape index (κ2) is 9.19. The van der Waals surface area contributed by atoms with Crippen molar-refractivity contribution in [3.8, 4) is 5.75 Å². The number of methoxy groups -OCH3 is 1. The maximum atomic E-state index is 5.56. The van der Waals surface area contributed by atoms with Crippen molar-refractivity contribution in [2.45, 2.75) is 19.5 Å². The SMILES string of the molecule is COCCOc1ccc(CN2CCN[C@H](C)C2)cc1.Cl. The standard InChI is InChI=1S/C15H24N2O2.ClH/c1-13-11-17(8-7-16-13)12-14-3-5-15(6-4-14)19-10-9-18-2;/h3-6,13,16H,7-12H2,1-2H3;1H/t13-;/m1./s1. The Bertz CT molecular complexity index is 373. The van der Waals surface area contributed by atoms with Crippen LogP contribution in [0.4, 0.5) is 0 Å². The van der Waals surface area contributed by atoms with Gasteiger partial charge in [-0.15, -0.1) is 12.4 Å². The lowest BCUT2D eigenvalue weighted by Gasteiger charge is -2.31. The van der Waals surface area contributed by atoms with Gasteiger partial charge in [-0.05, 0) is 24.6 Å². The molecule has 1 aromatic rings. The van der Waals surface area contributed by atoms with Gasteiger partial charge in [0.05, 0.1) is 6.61 Å². The normalized spacial score (nSPS) is 19.4. The highest BCUT2D eigenvalue weighted by Crippen LogP contribution is 2.14. The van der Waals surface area contributed by atoms with Gasteiger partial charge in [-0.25, -0.2) is 0 Å². The van der Waals surface area contributed by atoms with Crippen LogP contribution in [0.2, 0.25) is 0 Å². The van der Waals surface area contributed by atoms with Crippen LogP contribution in [0.15, 0.2) is 24.3 Å². The molecule has 0 aromatic heterocycles. The number of halogens is 1. The zero-order valence-electron chi connectivity index (χ0n) is 12.3. The minimum absolute atomic E-state index is 0. The monoisotopic (exact) mass is 300 g/mol. The molecule has 0 unspecified atom stereocenters. The Morgan fingerprint density at radius 3 is 2.65 bits per heavy atom. The van der Waals surface area contributed by atoms with Crippen LogP contribution in [0.1, 0.15) is 12.5 Å². The van der Waals surface area contributed by atoms with E-state index >= 15 is 0 Å². The molecule has 1 atom stereocenters. The average molecular weight is 301 g/mol. The van der Waals surface area contributed by atoms with E-state index in [0.29, 0.717) is 19.3 Å². The average Bonchev–Trinajstić information content (AvgIpc) is 2.41. The van der Waals surface area contributed by atoms with Gasteiger partial charge in [0.2, 0.25) is 0 Å². The molecule has 0 bridgehead atoms. The van der Waals surface area contributed by atoms with E-state index < -0.39 is 0 Å². The summed E-state index contributed by atoms with van der Waals surface area (Å²) in [6.07, 6.45) is 0. The molecule has 0 saturated carbocycles. The molecule has 0 spiro atoms. The van der Waals surface area contributed by atoms with Crippen LogP contribution in [0.25, 0.3) is 0 Å². The number of nitrogens with zero attached hydrogens (tertiary/aromatic N) is 1. The first-order valence-corrected chi connectivity index (χ1v) is 6.94. The summed E-state index contributed by atoms with van der Waals surface area (Å²) in [5, 5.41) is 3.46. The highest BCUT2D eigenvalue weighted by Gasteiger charge is 2.15. The fourth-order valence-corrected chi connectivity index (χ4v) is 2.35. The van der Waals surface area contributed by atoms with E-state index in [4.69, 9.17) is 9.47 Å². The van der Waals surface area contributed by atoms with Crippen molar-refractivity contribution >= 4 is 12.4 Å². The van der Waals surface area contributed by atoms with Gasteiger partial charge in [0.25, 0.3) is 0 Å². The molecular weight excluding hydrogens is 276 g/mol. The van der Waals surface area contributed by atoms with Gasteiger partial charge >= 0.3 is 0 Å². The summed E-state index contributed by atoms with van der Waals surface area (Å²) in [4.78, 5) is 2.49. The summed E-state index contributed by atoms with van der Waals surface area (Å²) in [6.45, 7) is 7.80. The van der Waals surface area contributed by atoms with Crippen molar-refractivity contribution in [1.29, 1.82) is 0 Å². The molecule has 5 heteroatoms. The molecule has 0 radical (unpaired) electrons. The smallest absolute Gasteiger partial charge is 0.119 e. The molecule has 1 aliphatic rings. The first kappa shape index (κ1) is 17.2. The van der Waals surface area contributed by atoms with Crippen molar-refractivity contribution < 1.29 is 9.47 Å². The third-order valence-corrected chi connectivity index (χ3v) is 3.34. The summed E-state index contributed by atoms with van der Waals surface area (Å²) in [6, 6.07) is 8.96. The Kier molecular flexibility index (Phi) is 7.92. The van der Waals surface area contributed by atoms with Gasteiger partial charge in [-0.3, -0.25) is 4.90 Å². The second-order valence-corrected chi connectivity index (χ2v) is 5.08. The zero-order chi connectivity index (χ0) is 13.5. The van der Waals surface area contributed by atoms with Gasteiger partial charge in [-0.1, -0.05) is 12.1 Å². The van der Waals surface area contributed by atoms with E-state index in [-0.39, 0.29) is 12.4 Å². The number of benzene rings is 1. The lowest BCUT2D eigenvalue weighted by Crippen LogP contribution is -2.48. The van der Waals surface area contributed by atoms with Gasteiger partial charge in [0, 0.05) is 39.3 Å². The Morgan fingerprint density at radius 2 is 2.00 bits per heavy atom. The number of rotatable bonds is 6. The maximum Gasteiger partial charge on any atom is 0.119 e. The van der Waals surface area contributed by atoms with Crippen LogP contribution in [0.5, 0.6) is 5.75 Å². The van der Waals surface area contributed by atoms with E-state index in [1.54, 1.807) is 7.11 Å². The molecule has 2 rings (SSSR count). The maximum absolute atomic E-state index is 5.56. The fraction of sp³-hybridized carbons (Fsp3) is 0.600. The molecule has 114 valence electrons. The van der Waals surface area contributed by atoms with Gasteiger partial charge in [0.1, 0.15) is 12.4 Å². The van der Waals surface area contributed by atoms with Crippen molar-refractivity contribution in [1.82, 2.24) is 10.2 Å². The lowest BCUT2D eigenvalue weighted by molar-refractivity contribution is 0.146. The molecule has 4 nitrogen and oxygen atoms in total. The first-order valence-electron chi connectivity index (χ1n) is 6.94. The lowest BCUT2D eigenvalue weighted by atomic mass is 10.1. The zero-order valence-corrected chi connectivity index (χ0v) is 13.1. The van der Waals surface area contributed by atoms with Crippen LogP contribution in [0.3, 0.4) is 0 Å². The van der Waals surface area contributed by atoms with E-state index in [1.165, 1.54) is 5.56 Å². The topological polar surface area (TPSA) is 33.7 Å². The summed E-state index contributed by atoms with van der Waals surface area (Å²) in [5.41, 5.74) is 1.34. The van der Waals surface area contributed by atoms with Crippen molar-refractivity contribution in [2.75, 3.05) is 40.0 Å². The van der Waals surface area contributed by atoms with Crippen LogP contribution < -0.4 is 10.1 Å². The number of piperazine rings is 1. The Morgan fingerprint density at radius 1 is 1.25 bits per heavy atom. The Hall–Kier alpha value is -0.810. The molecule has 0 amide bonds. The van der Waals surface area contributed by atoms with Crippen LogP contribution >= 0.6 is 12.4 Å². The van der Waals surface area contributed by atoms with Crippen LogP contribution in [-0.2, 0) is 11.3 Å². The van der Waals surface area contributed by atoms with Crippen molar-refractivity contribution in [3.05, 3.63) is 29.8 Å². The quantitative estimate of drug-likeness (QED) is 0.814. The number of ether oxygens (including phenoxy) is 2. The third-order valence-electron chi connectivity index (χ3n) is 3.34. The minimum Gasteiger partial charge on any atom is -0.491 e. The van der Waals surface area contributed by atoms with Crippen molar-refractivity contribution in [3.63, 3.8) is 0 Å². The van der Waals surface area contributed by atoms with Gasteiger partial charge < -0.3 is 14.8 Å². The van der Waals surface area contributed by atoms with E-state index in [9.17, 15) is 0 Å². The number of nitrogens with one attached hydrogen (secondary N) is 1. The fourth-order valence-electron chi connectivity index (χ4n) is 2.35. The van der Waals surface area contributed by atoms with E-state index in [2.05, 4.69) is 29.3 Å². The predicted molar refractivity (Wildman–Crippen MR) is 83.8 cm³/mol. The Balaban J connectivity index is 0.00000200. The number of hydrogen-bond donors (Lipinski definition) is 1. The van der Waals surface area contributed by atoms with Crippen LogP contribution in [0, 0.1) is 0 Å². The first-order chi connectivity index (χ1) is 9.28. The van der Waals surface area contributed by atoms with Crippen LogP contribution in [-0.4, -0.2) is 50.9 Å². The Labute approximate surface area is 127 Å². The predicted octanol–water partition coefficient (Wildman–Crippen LogP) is 1.93. The highest BCUT2D eigenvalue weighted by atomic mass is 35.5. The molecular formula is C15H25ClN2O2. The largest absolute Gasteiger partial charge is 0.491 e. The molecule has 20 heavy (non-hydrogen) atoms. The van der Waals surface area contributed by atoms with Crippen molar-refractivity contribution in [2.24, 2.45) is 0 Å². The summed E-state index contributed by atoms with van der Waals surface area (Å²) < 4.78 is 10.5. The van der Waals surface area contributed by atoms with Gasteiger partial charge in [-0.2, -0.15) is 0 Å². The summed E-state index contributed by atoms with van der Waals surface area (Å²) >= 11 is 0. The minimum atomic E-state index is 0. The van der Waals surface area contributed by atoms with E-state index in [1.807, 2.05) is 12.1 Å². The third kappa shape index (κ3) is 5.67. The number of hydrogen-bond acceptors (Lipinski definition) is 4. The molecule has 1 saturated heterocycles. The van der Waals surface area contributed by atoms with Gasteiger partial charge in [0.15, 0.2) is 0 Å². The van der Waals surface area contributed by atoms with E-state index in [0.717, 1.165) is 31.9 Å². The summed E-state index contributed by atoms with van der Waals surface area (Å²) in [7, 11) is 1.68. The molecule has 1 N–H and O–H groups in total. The molecule has 1 aromatic carbocycles. The molecule has 1 aliphatic heterocycles.